The number of anilines is 1. The average Bonchev–Trinajstić information content (AvgIpc) is 2.01. The third-order valence-electron chi connectivity index (χ3n) is 1.59. The van der Waals surface area contributed by atoms with Crippen LogP contribution >= 0.6 is 0 Å². The Morgan fingerprint density at radius 2 is 2.00 bits per heavy atom. The second kappa shape index (κ2) is 5.72. The molecule has 0 spiro atoms. The number of nitrogens with one attached hydrogen (secondary N) is 1. The largest absolute Gasteiger partial charge is 1.00 e. The summed E-state index contributed by atoms with van der Waals surface area (Å²) in [5, 5.41) is 2.61. The first-order chi connectivity index (χ1) is 5.99. The Hall–Kier alpha value is -0.0700. The van der Waals surface area contributed by atoms with Gasteiger partial charge in [0.1, 0.15) is 5.88 Å². The fourth-order valence-corrected chi connectivity index (χ4v) is 1.28. The summed E-state index contributed by atoms with van der Waals surface area (Å²) >= 11 is 0. The smallest absolute Gasteiger partial charge is 1.00 e. The van der Waals surface area contributed by atoms with E-state index in [1.165, 1.54) is 0 Å². The SMILES string of the molecule is Cc1ccccc1NCS(=O)(=O)O.[H-].[Na+]. The van der Waals surface area contributed by atoms with Crippen molar-refractivity contribution in [2.75, 3.05) is 11.2 Å². The van der Waals surface area contributed by atoms with Crippen LogP contribution in [0.25, 0.3) is 0 Å². The summed E-state index contributed by atoms with van der Waals surface area (Å²) in [7, 11) is -3.95. The van der Waals surface area contributed by atoms with Crippen LogP contribution in [0.3, 0.4) is 0 Å². The first kappa shape index (κ1) is 13.9. The van der Waals surface area contributed by atoms with E-state index in [0.29, 0.717) is 5.69 Å². The Morgan fingerprint density at radius 1 is 1.43 bits per heavy atom. The minimum Gasteiger partial charge on any atom is -1.00 e. The van der Waals surface area contributed by atoms with Gasteiger partial charge in [-0.1, -0.05) is 18.2 Å². The van der Waals surface area contributed by atoms with Crippen molar-refractivity contribution in [1.82, 2.24) is 0 Å². The van der Waals surface area contributed by atoms with Crippen molar-refractivity contribution in [3.8, 4) is 0 Å². The fourth-order valence-electron chi connectivity index (χ4n) is 0.940. The van der Waals surface area contributed by atoms with Gasteiger partial charge in [0.15, 0.2) is 0 Å². The summed E-state index contributed by atoms with van der Waals surface area (Å²) in [6.07, 6.45) is 0. The molecule has 74 valence electrons. The van der Waals surface area contributed by atoms with Crippen molar-refractivity contribution in [3.63, 3.8) is 0 Å². The monoisotopic (exact) mass is 225 g/mol. The Kier molecular flexibility index (Phi) is 5.70. The minimum absolute atomic E-state index is 0. The molecular formula is C8H12NNaO3S. The summed E-state index contributed by atoms with van der Waals surface area (Å²) in [4.78, 5) is 0. The van der Waals surface area contributed by atoms with E-state index in [0.717, 1.165) is 5.56 Å². The first-order valence-corrected chi connectivity index (χ1v) is 5.34. The van der Waals surface area contributed by atoms with E-state index in [9.17, 15) is 8.42 Å². The van der Waals surface area contributed by atoms with Crippen molar-refractivity contribution in [1.29, 1.82) is 0 Å². The van der Waals surface area contributed by atoms with Crippen molar-refractivity contribution in [2.45, 2.75) is 6.92 Å². The van der Waals surface area contributed by atoms with Crippen LogP contribution in [0.1, 0.15) is 6.99 Å². The van der Waals surface area contributed by atoms with Gasteiger partial charge in [0.25, 0.3) is 10.1 Å². The molecule has 0 saturated carbocycles. The number of rotatable bonds is 3. The Morgan fingerprint density at radius 3 is 2.50 bits per heavy atom. The van der Waals surface area contributed by atoms with Crippen LogP contribution < -0.4 is 34.9 Å². The second-order valence-electron chi connectivity index (χ2n) is 2.72. The summed E-state index contributed by atoms with van der Waals surface area (Å²) in [6.45, 7) is 1.85. The molecule has 0 heterocycles. The van der Waals surface area contributed by atoms with Crippen LogP contribution in [0.4, 0.5) is 5.69 Å². The van der Waals surface area contributed by atoms with Gasteiger partial charge in [0, 0.05) is 5.69 Å². The predicted octanol–water partition coefficient (Wildman–Crippen LogP) is -1.63. The Balaban J connectivity index is 0. The van der Waals surface area contributed by atoms with E-state index in [1.54, 1.807) is 12.1 Å². The van der Waals surface area contributed by atoms with Crippen LogP contribution in [0.2, 0.25) is 0 Å². The molecule has 0 unspecified atom stereocenters. The molecule has 14 heavy (non-hydrogen) atoms. The maximum Gasteiger partial charge on any atom is 1.00 e. The maximum absolute atomic E-state index is 10.4. The maximum atomic E-state index is 10.4. The van der Waals surface area contributed by atoms with E-state index in [1.807, 2.05) is 19.1 Å². The van der Waals surface area contributed by atoms with Crippen LogP contribution in [0, 0.1) is 6.92 Å². The third kappa shape index (κ3) is 4.97. The number of para-hydroxylation sites is 1. The zero-order valence-electron chi connectivity index (χ0n) is 9.19. The zero-order valence-corrected chi connectivity index (χ0v) is 11.0. The predicted molar refractivity (Wildman–Crippen MR) is 52.3 cm³/mol. The second-order valence-corrected chi connectivity index (χ2v) is 4.17. The molecule has 0 radical (unpaired) electrons. The quantitative estimate of drug-likeness (QED) is 0.479. The van der Waals surface area contributed by atoms with Gasteiger partial charge in [-0.3, -0.25) is 4.55 Å². The fraction of sp³-hybridized carbons (Fsp3) is 0.250. The Labute approximate surface area is 107 Å². The molecule has 6 heteroatoms. The average molecular weight is 225 g/mol. The topological polar surface area (TPSA) is 66.4 Å². The molecule has 0 saturated heterocycles. The number of hydrogen-bond acceptors (Lipinski definition) is 3. The molecule has 0 bridgehead atoms. The van der Waals surface area contributed by atoms with Crippen molar-refractivity contribution in [2.24, 2.45) is 0 Å². The van der Waals surface area contributed by atoms with Gasteiger partial charge in [-0.25, -0.2) is 0 Å². The summed E-state index contributed by atoms with van der Waals surface area (Å²) < 4.78 is 29.3. The standard InChI is InChI=1S/C8H11NO3S.Na.H/c1-7-4-2-3-5-8(7)9-6-13(10,11)12;;/h2-5,9H,6H2,1H3,(H,10,11,12);;/q;+1;-1. The molecule has 0 aliphatic carbocycles. The van der Waals surface area contributed by atoms with E-state index >= 15 is 0 Å². The van der Waals surface area contributed by atoms with E-state index in [4.69, 9.17) is 4.55 Å². The van der Waals surface area contributed by atoms with E-state index in [-0.39, 0.29) is 31.0 Å². The number of hydrogen-bond donors (Lipinski definition) is 2. The third-order valence-corrected chi connectivity index (χ3v) is 2.10. The molecule has 1 aromatic rings. The molecule has 0 amide bonds. The van der Waals surface area contributed by atoms with Gasteiger partial charge in [0.2, 0.25) is 0 Å². The molecule has 0 aliphatic heterocycles. The zero-order chi connectivity index (χ0) is 9.90. The van der Waals surface area contributed by atoms with Crippen molar-refractivity contribution >= 4 is 15.8 Å². The van der Waals surface area contributed by atoms with Gasteiger partial charge >= 0.3 is 29.6 Å². The Bertz CT molecular complexity index is 397. The number of aryl methyl sites for hydroxylation is 1. The molecule has 4 nitrogen and oxygen atoms in total. The van der Waals surface area contributed by atoms with Crippen LogP contribution in [-0.2, 0) is 10.1 Å². The van der Waals surface area contributed by atoms with Gasteiger partial charge < -0.3 is 6.74 Å². The molecule has 0 aromatic heterocycles. The minimum atomic E-state index is -3.95. The molecular weight excluding hydrogens is 213 g/mol. The van der Waals surface area contributed by atoms with Crippen LogP contribution in [0.15, 0.2) is 24.3 Å². The molecule has 0 atom stereocenters. The molecule has 2 N–H and O–H groups in total. The van der Waals surface area contributed by atoms with Gasteiger partial charge in [-0.05, 0) is 18.6 Å². The van der Waals surface area contributed by atoms with E-state index < -0.39 is 16.0 Å². The number of benzene rings is 1. The van der Waals surface area contributed by atoms with Crippen molar-refractivity contribution < 1.29 is 44.0 Å². The van der Waals surface area contributed by atoms with E-state index in [2.05, 4.69) is 5.32 Å². The van der Waals surface area contributed by atoms with Gasteiger partial charge in [-0.2, -0.15) is 8.42 Å². The molecule has 1 rings (SSSR count). The summed E-state index contributed by atoms with van der Waals surface area (Å²) in [5.74, 6) is -0.460. The van der Waals surface area contributed by atoms with Crippen LogP contribution in [-0.4, -0.2) is 18.8 Å². The molecule has 1 aromatic carbocycles. The molecule has 0 fully saturated rings. The molecule has 0 aliphatic rings. The van der Waals surface area contributed by atoms with Gasteiger partial charge in [-0.15, -0.1) is 0 Å². The van der Waals surface area contributed by atoms with Gasteiger partial charge in [0.05, 0.1) is 0 Å². The summed E-state index contributed by atoms with van der Waals surface area (Å²) in [5.41, 5.74) is 1.64. The normalized spacial score (nSPS) is 10.4. The van der Waals surface area contributed by atoms with Crippen molar-refractivity contribution in [3.05, 3.63) is 29.8 Å². The summed E-state index contributed by atoms with van der Waals surface area (Å²) in [6, 6.07) is 7.25. The van der Waals surface area contributed by atoms with Crippen LogP contribution in [0.5, 0.6) is 0 Å². The first-order valence-electron chi connectivity index (χ1n) is 3.74.